The zero-order valence-corrected chi connectivity index (χ0v) is 12.9. The summed E-state index contributed by atoms with van der Waals surface area (Å²) in [7, 11) is 0. The number of aliphatic hydroxyl groups is 1. The van der Waals surface area contributed by atoms with Crippen LogP contribution in [0.5, 0.6) is 5.75 Å². The Labute approximate surface area is 126 Å². The summed E-state index contributed by atoms with van der Waals surface area (Å²) in [6, 6.07) is 5.95. The number of amides is 1. The summed E-state index contributed by atoms with van der Waals surface area (Å²) in [4.78, 5) is 11.9. The third-order valence-electron chi connectivity index (χ3n) is 4.07. The van der Waals surface area contributed by atoms with Crippen LogP contribution < -0.4 is 10.1 Å². The number of carbonyl (C=O) groups is 1. The molecule has 2 rings (SSSR count). The molecule has 1 atom stereocenters. The van der Waals surface area contributed by atoms with E-state index in [1.54, 1.807) is 0 Å². The van der Waals surface area contributed by atoms with Crippen LogP contribution in [0.1, 0.15) is 36.8 Å². The van der Waals surface area contributed by atoms with Crippen LogP contribution >= 0.6 is 0 Å². The number of nitrogens with one attached hydrogen (secondary N) is 1. The van der Waals surface area contributed by atoms with Gasteiger partial charge in [0.1, 0.15) is 18.5 Å². The highest BCUT2D eigenvalue weighted by atomic mass is 16.5. The molecule has 1 fully saturated rings. The molecule has 0 aromatic heterocycles. The predicted molar refractivity (Wildman–Crippen MR) is 82.4 cm³/mol. The number of benzene rings is 1. The summed E-state index contributed by atoms with van der Waals surface area (Å²) >= 11 is 0. The Balaban J connectivity index is 1.74. The Kier molecular flexibility index (Phi) is 5.62. The minimum absolute atomic E-state index is 0.0682. The van der Waals surface area contributed by atoms with Gasteiger partial charge >= 0.3 is 0 Å². The molecule has 0 bridgehead atoms. The van der Waals surface area contributed by atoms with Gasteiger partial charge in [0.2, 0.25) is 5.91 Å². The summed E-state index contributed by atoms with van der Waals surface area (Å²) in [6.45, 7) is 4.41. The van der Waals surface area contributed by atoms with Crippen molar-refractivity contribution >= 4 is 5.91 Å². The fourth-order valence-corrected chi connectivity index (χ4v) is 2.82. The first-order valence-corrected chi connectivity index (χ1v) is 7.72. The maximum atomic E-state index is 11.9. The number of hydrogen-bond donors (Lipinski definition) is 2. The lowest BCUT2D eigenvalue weighted by molar-refractivity contribution is -0.125. The van der Waals surface area contributed by atoms with Gasteiger partial charge in [0.25, 0.3) is 0 Å². The third-order valence-corrected chi connectivity index (χ3v) is 4.07. The number of aryl methyl sites for hydroxylation is 2. The molecule has 4 heteroatoms. The molecule has 0 spiro atoms. The second-order valence-electron chi connectivity index (χ2n) is 5.91. The summed E-state index contributed by atoms with van der Waals surface area (Å²) in [5.41, 5.74) is 2.11. The topological polar surface area (TPSA) is 58.6 Å². The Hall–Kier alpha value is -1.55. The van der Waals surface area contributed by atoms with Gasteiger partial charge in [0, 0.05) is 12.5 Å². The number of hydrogen-bond acceptors (Lipinski definition) is 3. The highest BCUT2D eigenvalue weighted by Crippen LogP contribution is 2.24. The van der Waals surface area contributed by atoms with Gasteiger partial charge in [-0.1, -0.05) is 31.0 Å². The van der Waals surface area contributed by atoms with Crippen LogP contribution in [0.4, 0.5) is 0 Å². The fraction of sp³-hybridized carbons (Fsp3) is 0.588. The lowest BCUT2D eigenvalue weighted by Gasteiger charge is -2.17. The van der Waals surface area contributed by atoms with E-state index in [1.165, 1.54) is 0 Å². The molecule has 1 aromatic carbocycles. The molecule has 116 valence electrons. The van der Waals surface area contributed by atoms with Gasteiger partial charge in [-0.25, -0.2) is 0 Å². The molecule has 2 N–H and O–H groups in total. The zero-order valence-electron chi connectivity index (χ0n) is 12.9. The largest absolute Gasteiger partial charge is 0.490 e. The van der Waals surface area contributed by atoms with Gasteiger partial charge in [0.05, 0.1) is 0 Å². The molecule has 1 amide bonds. The standard InChI is InChI=1S/C17H25NO3/c1-12-6-5-7-13(2)16(12)21-11-15(19)10-18-17(20)14-8-3-4-9-14/h5-7,14-15,19H,3-4,8-11H2,1-2H3,(H,18,20)/t15-/m0/s1. The van der Waals surface area contributed by atoms with Gasteiger partial charge < -0.3 is 15.2 Å². The quantitative estimate of drug-likeness (QED) is 0.846. The van der Waals surface area contributed by atoms with Gasteiger partial charge in [-0.3, -0.25) is 4.79 Å². The number of ether oxygens (including phenoxy) is 1. The molecule has 0 heterocycles. The van der Waals surface area contributed by atoms with Gasteiger partial charge in [-0.2, -0.15) is 0 Å². The summed E-state index contributed by atoms with van der Waals surface area (Å²) in [5, 5.41) is 12.8. The summed E-state index contributed by atoms with van der Waals surface area (Å²) in [6.07, 6.45) is 3.53. The Morgan fingerprint density at radius 1 is 1.33 bits per heavy atom. The molecular weight excluding hydrogens is 266 g/mol. The fourth-order valence-electron chi connectivity index (χ4n) is 2.82. The van der Waals surface area contributed by atoms with E-state index in [0.717, 1.165) is 42.6 Å². The first-order chi connectivity index (χ1) is 10.1. The van der Waals surface area contributed by atoms with Crippen molar-refractivity contribution in [1.29, 1.82) is 0 Å². The average molecular weight is 291 g/mol. The van der Waals surface area contributed by atoms with E-state index in [-0.39, 0.29) is 25.0 Å². The van der Waals surface area contributed by atoms with Crippen molar-refractivity contribution < 1.29 is 14.6 Å². The maximum Gasteiger partial charge on any atom is 0.223 e. The molecule has 1 aromatic rings. The van der Waals surface area contributed by atoms with E-state index in [2.05, 4.69) is 5.32 Å². The highest BCUT2D eigenvalue weighted by molar-refractivity contribution is 5.78. The number of rotatable bonds is 6. The molecule has 4 nitrogen and oxygen atoms in total. The molecule has 0 radical (unpaired) electrons. The lowest BCUT2D eigenvalue weighted by atomic mass is 10.1. The normalized spacial score (nSPS) is 16.7. The monoisotopic (exact) mass is 291 g/mol. The second kappa shape index (κ2) is 7.46. The molecule has 0 aliphatic heterocycles. The zero-order chi connectivity index (χ0) is 15.2. The lowest BCUT2D eigenvalue weighted by Crippen LogP contribution is -2.38. The molecule has 21 heavy (non-hydrogen) atoms. The van der Waals surface area contributed by atoms with Crippen molar-refractivity contribution in [3.8, 4) is 5.75 Å². The van der Waals surface area contributed by atoms with E-state index in [0.29, 0.717) is 0 Å². The van der Waals surface area contributed by atoms with Crippen LogP contribution in [0.25, 0.3) is 0 Å². The Morgan fingerprint density at radius 2 is 1.95 bits per heavy atom. The SMILES string of the molecule is Cc1cccc(C)c1OC[C@@H](O)CNC(=O)C1CCCC1. The summed E-state index contributed by atoms with van der Waals surface area (Å²) < 4.78 is 5.69. The van der Waals surface area contributed by atoms with Crippen LogP contribution in [-0.2, 0) is 4.79 Å². The molecule has 0 unspecified atom stereocenters. The van der Waals surface area contributed by atoms with Crippen LogP contribution in [0.2, 0.25) is 0 Å². The highest BCUT2D eigenvalue weighted by Gasteiger charge is 2.22. The number of carbonyl (C=O) groups excluding carboxylic acids is 1. The smallest absolute Gasteiger partial charge is 0.223 e. The van der Waals surface area contributed by atoms with Crippen molar-refractivity contribution in [3.63, 3.8) is 0 Å². The molecule has 1 saturated carbocycles. The van der Waals surface area contributed by atoms with Crippen LogP contribution in [0.3, 0.4) is 0 Å². The molecule has 0 saturated heterocycles. The van der Waals surface area contributed by atoms with Crippen molar-refractivity contribution in [2.45, 2.75) is 45.6 Å². The number of aliphatic hydroxyl groups excluding tert-OH is 1. The predicted octanol–water partition coefficient (Wildman–Crippen LogP) is 2.35. The van der Waals surface area contributed by atoms with E-state index in [1.807, 2.05) is 32.0 Å². The van der Waals surface area contributed by atoms with Crippen LogP contribution in [0, 0.1) is 19.8 Å². The molecular formula is C17H25NO3. The molecule has 1 aliphatic rings. The van der Waals surface area contributed by atoms with Gasteiger partial charge in [-0.05, 0) is 37.8 Å². The van der Waals surface area contributed by atoms with Crippen molar-refractivity contribution in [2.24, 2.45) is 5.92 Å². The Bertz CT molecular complexity index is 461. The van der Waals surface area contributed by atoms with Gasteiger partial charge in [0.15, 0.2) is 0 Å². The average Bonchev–Trinajstić information content (AvgIpc) is 2.98. The minimum atomic E-state index is -0.686. The van der Waals surface area contributed by atoms with Crippen LogP contribution in [-0.4, -0.2) is 30.3 Å². The number of para-hydroxylation sites is 1. The molecule has 1 aliphatic carbocycles. The van der Waals surface area contributed by atoms with Crippen molar-refractivity contribution in [1.82, 2.24) is 5.32 Å². The summed E-state index contributed by atoms with van der Waals surface area (Å²) in [5.74, 6) is 1.02. The van der Waals surface area contributed by atoms with Crippen molar-refractivity contribution in [2.75, 3.05) is 13.2 Å². The van der Waals surface area contributed by atoms with Gasteiger partial charge in [-0.15, -0.1) is 0 Å². The third kappa shape index (κ3) is 4.46. The second-order valence-corrected chi connectivity index (χ2v) is 5.91. The van der Waals surface area contributed by atoms with E-state index in [4.69, 9.17) is 4.74 Å². The van der Waals surface area contributed by atoms with Crippen molar-refractivity contribution in [3.05, 3.63) is 29.3 Å². The first-order valence-electron chi connectivity index (χ1n) is 7.72. The minimum Gasteiger partial charge on any atom is -0.490 e. The van der Waals surface area contributed by atoms with E-state index in [9.17, 15) is 9.90 Å². The maximum absolute atomic E-state index is 11.9. The van der Waals surface area contributed by atoms with E-state index < -0.39 is 6.10 Å². The first kappa shape index (κ1) is 15.8. The van der Waals surface area contributed by atoms with E-state index >= 15 is 0 Å². The Morgan fingerprint density at radius 3 is 2.57 bits per heavy atom. The van der Waals surface area contributed by atoms with Crippen LogP contribution in [0.15, 0.2) is 18.2 Å².